The molecule has 1 aromatic heterocycles. The number of rotatable bonds is 3. The molecule has 1 unspecified atom stereocenters. The summed E-state index contributed by atoms with van der Waals surface area (Å²) in [6, 6.07) is 0. The Balaban J connectivity index is 2.04. The first kappa shape index (κ1) is 11.6. The lowest BCUT2D eigenvalue weighted by Crippen LogP contribution is -2.24. The van der Waals surface area contributed by atoms with E-state index >= 15 is 0 Å². The zero-order valence-electron chi connectivity index (χ0n) is 9.07. The first-order valence-electron chi connectivity index (χ1n) is 5.26. The highest BCUT2D eigenvalue weighted by molar-refractivity contribution is 9.10. The summed E-state index contributed by atoms with van der Waals surface area (Å²) in [5.41, 5.74) is 0.580. The molecule has 2 rings (SSSR count). The standard InChI is InChI=1S/C10H14BrN3O2/c1-14-10(15)9(11)8(6-13-14)12-5-7-3-2-4-16-7/h6-7,12H,2-5H2,1H3. The van der Waals surface area contributed by atoms with Crippen molar-refractivity contribution < 1.29 is 4.74 Å². The third-order valence-electron chi connectivity index (χ3n) is 2.62. The van der Waals surface area contributed by atoms with Crippen LogP contribution in [0.25, 0.3) is 0 Å². The summed E-state index contributed by atoms with van der Waals surface area (Å²) in [6.45, 7) is 1.55. The van der Waals surface area contributed by atoms with E-state index in [2.05, 4.69) is 26.3 Å². The van der Waals surface area contributed by atoms with E-state index in [-0.39, 0.29) is 11.7 Å². The van der Waals surface area contributed by atoms with Crippen molar-refractivity contribution >= 4 is 21.6 Å². The van der Waals surface area contributed by atoms with Crippen molar-refractivity contribution in [3.05, 3.63) is 21.0 Å². The summed E-state index contributed by atoms with van der Waals surface area (Å²) in [4.78, 5) is 11.6. The number of ether oxygens (including phenoxy) is 1. The molecular weight excluding hydrogens is 274 g/mol. The summed E-state index contributed by atoms with van der Waals surface area (Å²) < 4.78 is 7.30. The van der Waals surface area contributed by atoms with Crippen LogP contribution in [-0.4, -0.2) is 29.0 Å². The molecule has 1 saturated heterocycles. The van der Waals surface area contributed by atoms with Crippen molar-refractivity contribution in [2.24, 2.45) is 7.05 Å². The maximum atomic E-state index is 11.6. The second-order valence-corrected chi connectivity index (χ2v) is 4.61. The molecule has 6 heteroatoms. The smallest absolute Gasteiger partial charge is 0.282 e. The fourth-order valence-electron chi connectivity index (χ4n) is 1.66. The van der Waals surface area contributed by atoms with Crippen molar-refractivity contribution in [3.8, 4) is 0 Å². The summed E-state index contributed by atoms with van der Waals surface area (Å²) in [7, 11) is 1.62. The van der Waals surface area contributed by atoms with Gasteiger partial charge in [-0.1, -0.05) is 0 Å². The zero-order chi connectivity index (χ0) is 11.5. The van der Waals surface area contributed by atoms with E-state index < -0.39 is 0 Å². The Labute approximate surface area is 102 Å². The SMILES string of the molecule is Cn1ncc(NCC2CCCO2)c(Br)c1=O. The van der Waals surface area contributed by atoms with Gasteiger partial charge in [-0.15, -0.1) is 0 Å². The third-order valence-corrected chi connectivity index (χ3v) is 3.39. The van der Waals surface area contributed by atoms with E-state index in [1.807, 2.05) is 0 Å². The molecule has 1 aliphatic rings. The molecule has 0 aromatic carbocycles. The molecule has 5 nitrogen and oxygen atoms in total. The predicted molar refractivity (Wildman–Crippen MR) is 64.6 cm³/mol. The lowest BCUT2D eigenvalue weighted by atomic mass is 10.2. The lowest BCUT2D eigenvalue weighted by molar-refractivity contribution is 0.120. The number of anilines is 1. The molecule has 0 bridgehead atoms. The molecular formula is C10H14BrN3O2. The molecule has 1 N–H and O–H groups in total. The van der Waals surface area contributed by atoms with Crippen LogP contribution < -0.4 is 10.9 Å². The predicted octanol–water partition coefficient (Wildman–Crippen LogP) is 1.13. The van der Waals surface area contributed by atoms with E-state index in [1.165, 1.54) is 4.68 Å². The average Bonchev–Trinajstić information content (AvgIpc) is 2.78. The number of hydrogen-bond donors (Lipinski definition) is 1. The van der Waals surface area contributed by atoms with Crippen molar-refractivity contribution in [2.75, 3.05) is 18.5 Å². The minimum atomic E-state index is -0.141. The molecule has 0 saturated carbocycles. The maximum absolute atomic E-state index is 11.6. The molecule has 88 valence electrons. The fraction of sp³-hybridized carbons (Fsp3) is 0.600. The van der Waals surface area contributed by atoms with E-state index in [4.69, 9.17) is 4.74 Å². The number of nitrogens with zero attached hydrogens (tertiary/aromatic N) is 2. The maximum Gasteiger partial charge on any atom is 0.282 e. The molecule has 0 amide bonds. The Morgan fingerprint density at radius 2 is 2.56 bits per heavy atom. The molecule has 16 heavy (non-hydrogen) atoms. The zero-order valence-corrected chi connectivity index (χ0v) is 10.7. The number of aromatic nitrogens is 2. The number of aryl methyl sites for hydroxylation is 1. The molecule has 2 heterocycles. The van der Waals surface area contributed by atoms with Crippen molar-refractivity contribution in [2.45, 2.75) is 18.9 Å². The first-order valence-corrected chi connectivity index (χ1v) is 6.05. The van der Waals surface area contributed by atoms with Crippen LogP contribution in [0.15, 0.2) is 15.5 Å². The summed E-state index contributed by atoms with van der Waals surface area (Å²) >= 11 is 3.26. The highest BCUT2D eigenvalue weighted by Crippen LogP contribution is 2.18. The summed E-state index contributed by atoms with van der Waals surface area (Å²) in [6.07, 6.45) is 4.07. The van der Waals surface area contributed by atoms with Gasteiger partial charge >= 0.3 is 0 Å². The molecule has 1 fully saturated rings. The van der Waals surface area contributed by atoms with Crippen LogP contribution in [0.1, 0.15) is 12.8 Å². The van der Waals surface area contributed by atoms with Gasteiger partial charge in [0.15, 0.2) is 0 Å². The van der Waals surface area contributed by atoms with Crippen LogP contribution in [0, 0.1) is 0 Å². The van der Waals surface area contributed by atoms with Gasteiger partial charge in [0.25, 0.3) is 5.56 Å². The molecule has 0 aliphatic carbocycles. The van der Waals surface area contributed by atoms with Crippen LogP contribution in [0.4, 0.5) is 5.69 Å². The fourth-order valence-corrected chi connectivity index (χ4v) is 2.16. The van der Waals surface area contributed by atoms with Crippen molar-refractivity contribution in [1.82, 2.24) is 9.78 Å². The number of halogens is 1. The first-order chi connectivity index (χ1) is 7.68. The van der Waals surface area contributed by atoms with E-state index in [0.717, 1.165) is 25.1 Å². The summed E-state index contributed by atoms with van der Waals surface area (Å²) in [5, 5.41) is 7.13. The van der Waals surface area contributed by atoms with Crippen LogP contribution in [-0.2, 0) is 11.8 Å². The Morgan fingerprint density at radius 3 is 3.25 bits per heavy atom. The molecule has 1 aromatic rings. The second-order valence-electron chi connectivity index (χ2n) is 3.82. The van der Waals surface area contributed by atoms with Crippen LogP contribution in [0.5, 0.6) is 0 Å². The van der Waals surface area contributed by atoms with Crippen molar-refractivity contribution in [3.63, 3.8) is 0 Å². The van der Waals surface area contributed by atoms with Gasteiger partial charge in [-0.3, -0.25) is 4.79 Å². The Kier molecular flexibility index (Phi) is 3.60. The van der Waals surface area contributed by atoms with Crippen LogP contribution in [0.3, 0.4) is 0 Å². The van der Waals surface area contributed by atoms with Gasteiger partial charge in [0, 0.05) is 20.2 Å². The van der Waals surface area contributed by atoms with Gasteiger partial charge in [-0.2, -0.15) is 5.10 Å². The molecule has 1 aliphatic heterocycles. The van der Waals surface area contributed by atoms with Crippen LogP contribution >= 0.6 is 15.9 Å². The minimum absolute atomic E-state index is 0.141. The van der Waals surface area contributed by atoms with Crippen molar-refractivity contribution in [1.29, 1.82) is 0 Å². The monoisotopic (exact) mass is 287 g/mol. The Bertz CT molecular complexity index is 427. The Morgan fingerprint density at radius 1 is 1.75 bits per heavy atom. The van der Waals surface area contributed by atoms with Gasteiger partial charge in [-0.25, -0.2) is 4.68 Å². The van der Waals surface area contributed by atoms with Gasteiger partial charge in [-0.05, 0) is 28.8 Å². The van der Waals surface area contributed by atoms with E-state index in [1.54, 1.807) is 13.2 Å². The highest BCUT2D eigenvalue weighted by Gasteiger charge is 2.16. The van der Waals surface area contributed by atoms with E-state index in [0.29, 0.717) is 11.0 Å². The van der Waals surface area contributed by atoms with Crippen LogP contribution in [0.2, 0.25) is 0 Å². The van der Waals surface area contributed by atoms with E-state index in [9.17, 15) is 4.79 Å². The topological polar surface area (TPSA) is 56.1 Å². The van der Waals surface area contributed by atoms with Gasteiger partial charge < -0.3 is 10.1 Å². The molecule has 0 spiro atoms. The molecule has 0 radical (unpaired) electrons. The quantitative estimate of drug-likeness (QED) is 0.906. The average molecular weight is 288 g/mol. The number of nitrogens with one attached hydrogen (secondary N) is 1. The van der Waals surface area contributed by atoms with Gasteiger partial charge in [0.05, 0.1) is 18.0 Å². The largest absolute Gasteiger partial charge is 0.380 e. The highest BCUT2D eigenvalue weighted by atomic mass is 79.9. The normalized spacial score (nSPS) is 20.0. The molecule has 1 atom stereocenters. The summed E-state index contributed by atoms with van der Waals surface area (Å²) in [5.74, 6) is 0. The van der Waals surface area contributed by atoms with Gasteiger partial charge in [0.2, 0.25) is 0 Å². The van der Waals surface area contributed by atoms with Gasteiger partial charge in [0.1, 0.15) is 4.47 Å². The number of hydrogen-bond acceptors (Lipinski definition) is 4. The minimum Gasteiger partial charge on any atom is -0.380 e. The second kappa shape index (κ2) is 4.97. The third kappa shape index (κ3) is 2.44. The lowest BCUT2D eigenvalue weighted by Gasteiger charge is -2.12. The Hall–Kier alpha value is -0.880.